The SMILES string of the molecule is Cc1ccnc(Oc2ccc(-n3c(-c4ccc(N)c(C)c4F)c(Br)c4ncnc(N)c43)cc2F)n1. The van der Waals surface area contributed by atoms with E-state index in [1.807, 2.05) is 0 Å². The number of benzene rings is 2. The normalized spacial score (nSPS) is 11.2. The third-order valence-corrected chi connectivity index (χ3v) is 6.30. The molecule has 3 heterocycles. The highest BCUT2D eigenvalue weighted by molar-refractivity contribution is 9.10. The number of aryl methyl sites for hydroxylation is 1. The Morgan fingerprint density at radius 2 is 1.80 bits per heavy atom. The van der Waals surface area contributed by atoms with Crippen LogP contribution in [0.2, 0.25) is 0 Å². The van der Waals surface area contributed by atoms with Crippen LogP contribution in [-0.4, -0.2) is 24.5 Å². The van der Waals surface area contributed by atoms with Crippen LogP contribution < -0.4 is 16.2 Å². The maximum Gasteiger partial charge on any atom is 0.322 e. The number of rotatable bonds is 4. The van der Waals surface area contributed by atoms with Crippen LogP contribution in [0.25, 0.3) is 28.0 Å². The summed E-state index contributed by atoms with van der Waals surface area (Å²) >= 11 is 3.53. The summed E-state index contributed by atoms with van der Waals surface area (Å²) in [5.74, 6) is -1.13. The first-order valence-corrected chi connectivity index (χ1v) is 11.2. The molecule has 0 bridgehead atoms. The molecule has 5 rings (SSSR count). The number of nitrogen functional groups attached to an aromatic ring is 2. The molecule has 4 N–H and O–H groups in total. The predicted octanol–water partition coefficient (Wildman–Crippen LogP) is 5.49. The van der Waals surface area contributed by atoms with Crippen molar-refractivity contribution in [1.29, 1.82) is 0 Å². The van der Waals surface area contributed by atoms with Crippen molar-refractivity contribution in [3.05, 3.63) is 76.3 Å². The van der Waals surface area contributed by atoms with E-state index >= 15 is 8.78 Å². The van der Waals surface area contributed by atoms with E-state index in [9.17, 15) is 0 Å². The lowest BCUT2D eigenvalue weighted by molar-refractivity contribution is 0.410. The van der Waals surface area contributed by atoms with Crippen molar-refractivity contribution in [3.8, 4) is 28.7 Å². The number of hydrogen-bond donors (Lipinski definition) is 2. The molecule has 0 spiro atoms. The van der Waals surface area contributed by atoms with E-state index in [1.165, 1.54) is 24.7 Å². The summed E-state index contributed by atoms with van der Waals surface area (Å²) in [7, 11) is 0. The molecule has 0 aliphatic carbocycles. The van der Waals surface area contributed by atoms with Crippen LogP contribution in [0.3, 0.4) is 0 Å². The molecule has 176 valence electrons. The number of ether oxygens (including phenoxy) is 1. The Morgan fingerprint density at radius 3 is 2.54 bits per heavy atom. The Kier molecular flexibility index (Phi) is 5.56. The Labute approximate surface area is 206 Å². The van der Waals surface area contributed by atoms with Gasteiger partial charge in [0, 0.05) is 40.5 Å². The van der Waals surface area contributed by atoms with Gasteiger partial charge in [0.05, 0.1) is 10.2 Å². The molecule has 0 saturated heterocycles. The number of nitrogens with zero attached hydrogens (tertiary/aromatic N) is 5. The minimum atomic E-state index is -0.680. The molecular formula is C24H18BrF2N7O. The van der Waals surface area contributed by atoms with Crippen molar-refractivity contribution in [2.75, 3.05) is 11.5 Å². The van der Waals surface area contributed by atoms with Crippen LogP contribution in [0.5, 0.6) is 11.8 Å². The lowest BCUT2D eigenvalue weighted by Gasteiger charge is -2.15. The van der Waals surface area contributed by atoms with E-state index in [-0.39, 0.29) is 23.1 Å². The smallest absolute Gasteiger partial charge is 0.322 e. The van der Waals surface area contributed by atoms with Gasteiger partial charge in [0.2, 0.25) is 0 Å². The van der Waals surface area contributed by atoms with Gasteiger partial charge in [0.1, 0.15) is 23.2 Å². The minimum Gasteiger partial charge on any atom is -0.421 e. The van der Waals surface area contributed by atoms with Gasteiger partial charge < -0.3 is 20.8 Å². The highest BCUT2D eigenvalue weighted by Gasteiger charge is 2.25. The highest BCUT2D eigenvalue weighted by atomic mass is 79.9. The lowest BCUT2D eigenvalue weighted by atomic mass is 10.1. The van der Waals surface area contributed by atoms with E-state index in [1.54, 1.807) is 42.7 Å². The standard InChI is InChI=1S/C24H18BrF2N7O/c1-11-7-8-30-24(33-11)35-17-6-3-13(9-15(17)26)34-21(14-4-5-16(28)12(2)19(14)27)18(25)20-22(34)23(29)32-10-31-20/h3-10H,28H2,1-2H3,(H2,29,31,32). The fourth-order valence-corrected chi connectivity index (χ4v) is 4.44. The molecule has 2 aromatic carbocycles. The highest BCUT2D eigenvalue weighted by Crippen LogP contribution is 2.42. The zero-order chi connectivity index (χ0) is 24.9. The second-order valence-corrected chi connectivity index (χ2v) is 8.59. The van der Waals surface area contributed by atoms with Crippen molar-refractivity contribution in [3.63, 3.8) is 0 Å². The summed E-state index contributed by atoms with van der Waals surface area (Å²) < 4.78 is 38.2. The van der Waals surface area contributed by atoms with Crippen molar-refractivity contribution in [2.45, 2.75) is 13.8 Å². The summed E-state index contributed by atoms with van der Waals surface area (Å²) in [6.07, 6.45) is 2.83. The second kappa shape index (κ2) is 8.58. The Balaban J connectivity index is 1.73. The molecule has 0 unspecified atom stereocenters. The fourth-order valence-electron chi connectivity index (χ4n) is 3.76. The number of nitrogens with two attached hydrogens (primary N) is 2. The van der Waals surface area contributed by atoms with Crippen molar-refractivity contribution < 1.29 is 13.5 Å². The van der Waals surface area contributed by atoms with Crippen molar-refractivity contribution in [1.82, 2.24) is 24.5 Å². The first-order valence-electron chi connectivity index (χ1n) is 10.4. The third-order valence-electron chi connectivity index (χ3n) is 5.54. The average Bonchev–Trinajstić information content (AvgIpc) is 3.12. The predicted molar refractivity (Wildman–Crippen MR) is 132 cm³/mol. The van der Waals surface area contributed by atoms with Gasteiger partial charge in [-0.05, 0) is 60.1 Å². The Hall–Kier alpha value is -4.12. The molecule has 0 aliphatic heterocycles. The quantitative estimate of drug-likeness (QED) is 0.291. The van der Waals surface area contributed by atoms with Crippen LogP contribution in [0.15, 0.2) is 53.4 Å². The van der Waals surface area contributed by atoms with Gasteiger partial charge in [-0.3, -0.25) is 0 Å². The minimum absolute atomic E-state index is 0.0172. The van der Waals surface area contributed by atoms with Crippen LogP contribution in [0.4, 0.5) is 20.3 Å². The average molecular weight is 538 g/mol. The van der Waals surface area contributed by atoms with Crippen molar-refractivity contribution >= 4 is 38.5 Å². The zero-order valence-corrected chi connectivity index (χ0v) is 20.1. The van der Waals surface area contributed by atoms with Gasteiger partial charge in [-0.15, -0.1) is 0 Å². The lowest BCUT2D eigenvalue weighted by Crippen LogP contribution is -2.04. The summed E-state index contributed by atoms with van der Waals surface area (Å²) in [4.78, 5) is 16.5. The summed E-state index contributed by atoms with van der Waals surface area (Å²) in [6, 6.07) is 9.17. The van der Waals surface area contributed by atoms with E-state index < -0.39 is 11.6 Å². The van der Waals surface area contributed by atoms with Crippen LogP contribution in [0.1, 0.15) is 11.3 Å². The fraction of sp³-hybridized carbons (Fsp3) is 0.0833. The van der Waals surface area contributed by atoms with Gasteiger partial charge in [0.25, 0.3) is 0 Å². The molecule has 35 heavy (non-hydrogen) atoms. The molecule has 11 heteroatoms. The summed E-state index contributed by atoms with van der Waals surface area (Å²) in [6.45, 7) is 3.36. The van der Waals surface area contributed by atoms with E-state index in [4.69, 9.17) is 16.2 Å². The maximum atomic E-state index is 15.4. The summed E-state index contributed by atoms with van der Waals surface area (Å²) in [5.41, 5.74) is 15.1. The first kappa shape index (κ1) is 22.7. The van der Waals surface area contributed by atoms with E-state index in [2.05, 4.69) is 35.9 Å². The number of fused-ring (bicyclic) bond motifs is 1. The largest absolute Gasteiger partial charge is 0.421 e. The van der Waals surface area contributed by atoms with Crippen LogP contribution >= 0.6 is 15.9 Å². The second-order valence-electron chi connectivity index (χ2n) is 7.79. The monoisotopic (exact) mass is 537 g/mol. The van der Waals surface area contributed by atoms with Gasteiger partial charge in [-0.2, -0.15) is 0 Å². The van der Waals surface area contributed by atoms with E-state index in [0.717, 1.165) is 0 Å². The molecule has 8 nitrogen and oxygen atoms in total. The molecule has 0 amide bonds. The van der Waals surface area contributed by atoms with E-state index in [0.29, 0.717) is 43.8 Å². The Bertz CT molecular complexity index is 1620. The number of anilines is 2. The molecule has 5 aromatic rings. The van der Waals surface area contributed by atoms with Crippen molar-refractivity contribution in [2.24, 2.45) is 0 Å². The molecule has 0 saturated carbocycles. The van der Waals surface area contributed by atoms with Crippen LogP contribution in [-0.2, 0) is 0 Å². The molecule has 0 fully saturated rings. The number of aromatic nitrogens is 5. The molecule has 3 aromatic heterocycles. The number of hydrogen-bond acceptors (Lipinski definition) is 7. The Morgan fingerprint density at radius 1 is 1.00 bits per heavy atom. The van der Waals surface area contributed by atoms with Gasteiger partial charge in [0.15, 0.2) is 17.4 Å². The van der Waals surface area contributed by atoms with Gasteiger partial charge >= 0.3 is 6.01 Å². The third kappa shape index (κ3) is 3.83. The van der Waals surface area contributed by atoms with Gasteiger partial charge in [-0.1, -0.05) is 0 Å². The topological polar surface area (TPSA) is 118 Å². The van der Waals surface area contributed by atoms with Crippen LogP contribution in [0, 0.1) is 25.5 Å². The summed E-state index contributed by atoms with van der Waals surface area (Å²) in [5, 5.41) is 0. The maximum absolute atomic E-state index is 15.4. The molecule has 0 aliphatic rings. The molecule has 0 atom stereocenters. The molecular weight excluding hydrogens is 520 g/mol. The van der Waals surface area contributed by atoms with Gasteiger partial charge in [-0.25, -0.2) is 28.7 Å². The zero-order valence-electron chi connectivity index (χ0n) is 18.6. The first-order chi connectivity index (χ1) is 16.8. The number of halogens is 3. The molecule has 0 radical (unpaired) electrons.